The van der Waals surface area contributed by atoms with Crippen molar-refractivity contribution in [3.05, 3.63) is 0 Å². The number of ketones is 1. The number of carbonyl (C=O) groups excluding carboxylic acids is 1. The van der Waals surface area contributed by atoms with Crippen molar-refractivity contribution in [2.45, 2.75) is 83.4 Å². The Hall–Kier alpha value is -0.770. The van der Waals surface area contributed by atoms with Gasteiger partial charge in [0, 0.05) is 6.42 Å². The van der Waals surface area contributed by atoms with Crippen molar-refractivity contribution in [2.75, 3.05) is 0 Å². The van der Waals surface area contributed by atoms with Crippen LogP contribution in [0, 0.1) is 0 Å². The summed E-state index contributed by atoms with van der Waals surface area (Å²) in [5, 5.41) is 18.8. The Morgan fingerprint density at radius 1 is 1.33 bits per heavy atom. The minimum absolute atomic E-state index is 0.165. The molecular formula is C14H26N2O2. The second-order valence-electron chi connectivity index (χ2n) is 5.40. The lowest BCUT2D eigenvalue weighted by Crippen LogP contribution is -2.25. The first-order valence-corrected chi connectivity index (χ1v) is 7.19. The number of azo groups is 1. The van der Waals surface area contributed by atoms with Gasteiger partial charge >= 0.3 is 0 Å². The maximum atomic E-state index is 10.9. The van der Waals surface area contributed by atoms with Gasteiger partial charge in [-0.05, 0) is 39.0 Å². The highest BCUT2D eigenvalue weighted by Gasteiger charge is 2.24. The third-order valence-electron chi connectivity index (χ3n) is 3.65. The number of nitrogens with zero attached hydrogens (tertiary/aromatic N) is 2. The van der Waals surface area contributed by atoms with E-state index in [1.54, 1.807) is 6.92 Å². The molecule has 1 N–H and O–H groups in total. The average Bonchev–Trinajstić information content (AvgIpc) is 2.37. The van der Waals surface area contributed by atoms with E-state index in [1.165, 1.54) is 19.3 Å². The van der Waals surface area contributed by atoms with Crippen molar-refractivity contribution >= 4 is 5.78 Å². The Kier molecular flexibility index (Phi) is 6.47. The molecule has 0 radical (unpaired) electrons. The Morgan fingerprint density at radius 3 is 2.56 bits per heavy atom. The molecule has 0 aromatic rings. The highest BCUT2D eigenvalue weighted by molar-refractivity contribution is 5.75. The zero-order valence-corrected chi connectivity index (χ0v) is 11.7. The lowest BCUT2D eigenvalue weighted by Gasteiger charge is -2.22. The molecular weight excluding hydrogens is 228 g/mol. The number of hydrogen-bond acceptors (Lipinski definition) is 4. The fraction of sp³-hybridized carbons (Fsp3) is 0.929. The Labute approximate surface area is 110 Å². The predicted octanol–water partition coefficient (Wildman–Crippen LogP) is 3.63. The molecule has 18 heavy (non-hydrogen) atoms. The highest BCUT2D eigenvalue weighted by Crippen LogP contribution is 2.25. The van der Waals surface area contributed by atoms with Crippen LogP contribution < -0.4 is 0 Å². The number of aliphatic hydroxyl groups is 1. The van der Waals surface area contributed by atoms with Crippen LogP contribution in [0.1, 0.15) is 71.6 Å². The van der Waals surface area contributed by atoms with E-state index < -0.39 is 5.72 Å². The maximum Gasteiger partial charge on any atom is 0.175 e. The molecule has 1 saturated carbocycles. The third kappa shape index (κ3) is 5.71. The molecule has 0 saturated heterocycles. The van der Waals surface area contributed by atoms with Crippen LogP contribution in [0.25, 0.3) is 0 Å². The summed E-state index contributed by atoms with van der Waals surface area (Å²) in [4.78, 5) is 10.9. The summed E-state index contributed by atoms with van der Waals surface area (Å²) in [7, 11) is 0. The number of Topliss-reactive ketones (excluding diaryl/α,β-unsaturated/α-hetero) is 1. The number of carbonyl (C=O) groups is 1. The molecule has 0 heterocycles. The molecule has 1 atom stereocenters. The lowest BCUT2D eigenvalue weighted by atomic mass is 9.96. The van der Waals surface area contributed by atoms with Crippen molar-refractivity contribution in [1.29, 1.82) is 0 Å². The van der Waals surface area contributed by atoms with Gasteiger partial charge in [-0.15, -0.1) is 0 Å². The summed E-state index contributed by atoms with van der Waals surface area (Å²) in [5.41, 5.74) is -1.06. The zero-order valence-electron chi connectivity index (χ0n) is 11.7. The summed E-state index contributed by atoms with van der Waals surface area (Å²) in [5.74, 6) is 0.165. The van der Waals surface area contributed by atoms with Crippen molar-refractivity contribution in [2.24, 2.45) is 10.2 Å². The van der Waals surface area contributed by atoms with Crippen LogP contribution in [0.2, 0.25) is 0 Å². The Morgan fingerprint density at radius 2 is 2.00 bits per heavy atom. The van der Waals surface area contributed by atoms with Gasteiger partial charge in [-0.25, -0.2) is 0 Å². The van der Waals surface area contributed by atoms with E-state index in [9.17, 15) is 9.90 Å². The van der Waals surface area contributed by atoms with Gasteiger partial charge in [0.1, 0.15) is 5.78 Å². The molecule has 4 nitrogen and oxygen atoms in total. The first-order valence-electron chi connectivity index (χ1n) is 7.19. The van der Waals surface area contributed by atoms with Crippen molar-refractivity contribution in [3.8, 4) is 0 Å². The molecule has 1 fully saturated rings. The van der Waals surface area contributed by atoms with Gasteiger partial charge in [0.05, 0.1) is 6.04 Å². The van der Waals surface area contributed by atoms with Crippen LogP contribution in [0.15, 0.2) is 10.2 Å². The lowest BCUT2D eigenvalue weighted by molar-refractivity contribution is -0.117. The second kappa shape index (κ2) is 7.62. The zero-order chi connectivity index (χ0) is 13.4. The van der Waals surface area contributed by atoms with E-state index in [1.807, 2.05) is 6.92 Å². The van der Waals surface area contributed by atoms with E-state index in [-0.39, 0.29) is 5.78 Å². The summed E-state index contributed by atoms with van der Waals surface area (Å²) < 4.78 is 0. The minimum atomic E-state index is -1.06. The maximum absolute atomic E-state index is 10.9. The predicted molar refractivity (Wildman–Crippen MR) is 71.5 cm³/mol. The molecule has 0 amide bonds. The van der Waals surface area contributed by atoms with Gasteiger partial charge in [-0.1, -0.05) is 26.2 Å². The minimum Gasteiger partial charge on any atom is -0.368 e. The van der Waals surface area contributed by atoms with Crippen LogP contribution in [-0.4, -0.2) is 22.7 Å². The van der Waals surface area contributed by atoms with Crippen LogP contribution in [0.3, 0.4) is 0 Å². The number of hydrogen-bond donors (Lipinski definition) is 1. The van der Waals surface area contributed by atoms with Crippen LogP contribution in [0.4, 0.5) is 0 Å². The third-order valence-corrected chi connectivity index (χ3v) is 3.65. The van der Waals surface area contributed by atoms with Gasteiger partial charge in [-0.3, -0.25) is 0 Å². The van der Waals surface area contributed by atoms with Crippen LogP contribution in [-0.2, 0) is 4.79 Å². The van der Waals surface area contributed by atoms with E-state index >= 15 is 0 Å². The first-order chi connectivity index (χ1) is 8.56. The van der Waals surface area contributed by atoms with Gasteiger partial charge in [0.2, 0.25) is 0 Å². The molecule has 1 rings (SSSR count). The molecule has 1 unspecified atom stereocenters. The van der Waals surface area contributed by atoms with Gasteiger partial charge in [-0.2, -0.15) is 10.2 Å². The fourth-order valence-electron chi connectivity index (χ4n) is 2.30. The summed E-state index contributed by atoms with van der Waals surface area (Å²) in [6, 6.07) is 0.296. The molecule has 0 spiro atoms. The van der Waals surface area contributed by atoms with Crippen molar-refractivity contribution in [1.82, 2.24) is 0 Å². The molecule has 0 aromatic carbocycles. The molecule has 1 aliphatic carbocycles. The van der Waals surface area contributed by atoms with E-state index in [2.05, 4.69) is 10.2 Å². The Balaban J connectivity index is 2.41. The molecule has 1 aliphatic rings. The number of rotatable bonds is 7. The normalized spacial score (nSPS) is 21.1. The highest BCUT2D eigenvalue weighted by atomic mass is 16.3. The fourth-order valence-corrected chi connectivity index (χ4v) is 2.30. The van der Waals surface area contributed by atoms with Crippen molar-refractivity contribution < 1.29 is 9.90 Å². The molecule has 0 aromatic heterocycles. The summed E-state index contributed by atoms with van der Waals surface area (Å²) in [6.07, 6.45) is 8.21. The first kappa shape index (κ1) is 15.3. The van der Waals surface area contributed by atoms with E-state index in [0.717, 1.165) is 12.8 Å². The largest absolute Gasteiger partial charge is 0.368 e. The van der Waals surface area contributed by atoms with Crippen LogP contribution >= 0.6 is 0 Å². The van der Waals surface area contributed by atoms with Gasteiger partial charge in [0.15, 0.2) is 5.72 Å². The monoisotopic (exact) mass is 254 g/mol. The molecule has 104 valence electrons. The molecule has 4 heteroatoms. The molecule has 0 aliphatic heterocycles. The van der Waals surface area contributed by atoms with Gasteiger partial charge in [0.25, 0.3) is 0 Å². The van der Waals surface area contributed by atoms with Crippen LogP contribution in [0.5, 0.6) is 0 Å². The summed E-state index contributed by atoms with van der Waals surface area (Å²) in [6.45, 7) is 3.49. The van der Waals surface area contributed by atoms with Gasteiger partial charge < -0.3 is 9.90 Å². The average molecular weight is 254 g/mol. The topological polar surface area (TPSA) is 62.0 Å². The van der Waals surface area contributed by atoms with E-state index in [0.29, 0.717) is 31.7 Å². The smallest absolute Gasteiger partial charge is 0.175 e. The SMILES string of the molecule is CCC(O)(CCCC(C)=O)N=NC1CCCCC1. The summed E-state index contributed by atoms with van der Waals surface area (Å²) >= 11 is 0. The quantitative estimate of drug-likeness (QED) is 0.705. The van der Waals surface area contributed by atoms with E-state index in [4.69, 9.17) is 0 Å². The molecule has 0 bridgehead atoms. The second-order valence-corrected chi connectivity index (χ2v) is 5.40. The standard InChI is InChI=1S/C14H26N2O2/c1-3-14(18,11-7-8-12(2)17)16-15-13-9-5-4-6-10-13/h13,18H,3-11H2,1-2H3. The van der Waals surface area contributed by atoms with Crippen molar-refractivity contribution in [3.63, 3.8) is 0 Å². The Bertz CT molecular complexity index is 286.